The molecule has 1 amide bonds. The summed E-state index contributed by atoms with van der Waals surface area (Å²) in [5.41, 5.74) is 3.89. The van der Waals surface area contributed by atoms with Gasteiger partial charge in [0.25, 0.3) is 0 Å². The van der Waals surface area contributed by atoms with Crippen LogP contribution in [0.15, 0.2) is 12.3 Å². The van der Waals surface area contributed by atoms with Crippen LogP contribution in [-0.4, -0.2) is 33.6 Å². The van der Waals surface area contributed by atoms with Gasteiger partial charge in [-0.05, 0) is 27.2 Å². The molecule has 0 aliphatic carbocycles. The molecular formula is C15H23N5O. The third kappa shape index (κ3) is 3.58. The van der Waals surface area contributed by atoms with E-state index in [9.17, 15) is 4.79 Å². The zero-order valence-electron chi connectivity index (χ0n) is 13.1. The number of rotatable bonds is 6. The van der Waals surface area contributed by atoms with Crippen molar-refractivity contribution in [2.24, 2.45) is 0 Å². The number of carbonyl (C=O) groups is 1. The Morgan fingerprint density at radius 3 is 2.90 bits per heavy atom. The fourth-order valence-electron chi connectivity index (χ4n) is 2.28. The van der Waals surface area contributed by atoms with E-state index in [-0.39, 0.29) is 11.9 Å². The number of fused-ring (bicyclic) bond motifs is 1. The van der Waals surface area contributed by atoms with Crippen LogP contribution in [0, 0.1) is 13.8 Å². The van der Waals surface area contributed by atoms with Crippen LogP contribution in [0.25, 0.3) is 5.65 Å². The number of amides is 1. The van der Waals surface area contributed by atoms with Crippen molar-refractivity contribution in [2.75, 3.05) is 13.1 Å². The lowest BCUT2D eigenvalue weighted by molar-refractivity contribution is -0.120. The molecule has 0 aromatic carbocycles. The molecule has 0 spiro atoms. The largest absolute Gasteiger partial charge is 0.355 e. The summed E-state index contributed by atoms with van der Waals surface area (Å²) in [5, 5.41) is 10.5. The average molecular weight is 289 g/mol. The maximum absolute atomic E-state index is 11.6. The Morgan fingerprint density at radius 1 is 1.43 bits per heavy atom. The molecule has 0 saturated carbocycles. The Bertz CT molecular complexity index is 634. The number of aromatic nitrogens is 3. The van der Waals surface area contributed by atoms with Gasteiger partial charge in [-0.1, -0.05) is 6.92 Å². The highest BCUT2D eigenvalue weighted by molar-refractivity contribution is 5.78. The Kier molecular flexibility index (Phi) is 4.90. The molecule has 2 N–H and O–H groups in total. The van der Waals surface area contributed by atoms with Gasteiger partial charge in [0.15, 0.2) is 5.65 Å². The minimum Gasteiger partial charge on any atom is -0.355 e. The second-order valence-electron chi connectivity index (χ2n) is 5.31. The van der Waals surface area contributed by atoms with Crippen molar-refractivity contribution >= 4 is 11.6 Å². The van der Waals surface area contributed by atoms with Crippen molar-refractivity contribution in [3.8, 4) is 0 Å². The molecule has 21 heavy (non-hydrogen) atoms. The van der Waals surface area contributed by atoms with Gasteiger partial charge in [-0.25, -0.2) is 9.50 Å². The van der Waals surface area contributed by atoms with E-state index >= 15 is 0 Å². The highest BCUT2D eigenvalue weighted by atomic mass is 16.1. The van der Waals surface area contributed by atoms with Crippen molar-refractivity contribution < 1.29 is 4.79 Å². The molecule has 114 valence electrons. The van der Waals surface area contributed by atoms with Gasteiger partial charge in [0, 0.05) is 36.1 Å². The van der Waals surface area contributed by atoms with Gasteiger partial charge >= 0.3 is 0 Å². The molecule has 2 heterocycles. The highest BCUT2D eigenvalue weighted by Crippen LogP contribution is 2.17. The molecular weight excluding hydrogens is 266 g/mol. The van der Waals surface area contributed by atoms with E-state index in [0.29, 0.717) is 13.1 Å². The summed E-state index contributed by atoms with van der Waals surface area (Å²) in [6, 6.07) is 1.99. The van der Waals surface area contributed by atoms with Crippen LogP contribution in [-0.2, 0) is 4.79 Å². The first kappa shape index (κ1) is 15.4. The third-order valence-corrected chi connectivity index (χ3v) is 3.49. The van der Waals surface area contributed by atoms with Gasteiger partial charge in [0.05, 0.1) is 12.2 Å². The summed E-state index contributed by atoms with van der Waals surface area (Å²) in [6.45, 7) is 9.05. The molecule has 6 nitrogen and oxygen atoms in total. The van der Waals surface area contributed by atoms with E-state index < -0.39 is 0 Å². The van der Waals surface area contributed by atoms with E-state index in [0.717, 1.165) is 29.0 Å². The van der Waals surface area contributed by atoms with Gasteiger partial charge < -0.3 is 10.6 Å². The van der Waals surface area contributed by atoms with Crippen molar-refractivity contribution in [1.29, 1.82) is 0 Å². The maximum atomic E-state index is 11.6. The molecule has 1 atom stereocenters. The van der Waals surface area contributed by atoms with Crippen LogP contribution in [0.3, 0.4) is 0 Å². The summed E-state index contributed by atoms with van der Waals surface area (Å²) in [6.07, 6.45) is 2.80. The first-order valence-electron chi connectivity index (χ1n) is 7.35. The number of aryl methyl sites for hydroxylation is 2. The van der Waals surface area contributed by atoms with Gasteiger partial charge in [-0.3, -0.25) is 4.79 Å². The second-order valence-corrected chi connectivity index (χ2v) is 5.31. The first-order chi connectivity index (χ1) is 10.0. The van der Waals surface area contributed by atoms with E-state index in [2.05, 4.69) is 20.7 Å². The van der Waals surface area contributed by atoms with E-state index in [1.165, 1.54) is 0 Å². The second kappa shape index (κ2) is 6.67. The topological polar surface area (TPSA) is 71.3 Å². The van der Waals surface area contributed by atoms with Crippen molar-refractivity contribution in [3.63, 3.8) is 0 Å². The van der Waals surface area contributed by atoms with E-state index in [1.807, 2.05) is 44.5 Å². The van der Waals surface area contributed by atoms with Crippen molar-refractivity contribution in [3.05, 3.63) is 29.2 Å². The fourth-order valence-corrected chi connectivity index (χ4v) is 2.28. The van der Waals surface area contributed by atoms with Gasteiger partial charge in [-0.2, -0.15) is 5.10 Å². The van der Waals surface area contributed by atoms with Crippen LogP contribution in [0.4, 0.5) is 0 Å². The maximum Gasteiger partial charge on any atom is 0.233 e. The standard InChI is InChI=1S/C15H23N5O/c1-5-6-16-15(21)9-17-11(3)13-8-18-14-7-10(2)19-20(14)12(13)4/h7-8,11,17H,5-6,9H2,1-4H3,(H,16,21). The summed E-state index contributed by atoms with van der Waals surface area (Å²) in [7, 11) is 0. The lowest BCUT2D eigenvalue weighted by atomic mass is 10.1. The summed E-state index contributed by atoms with van der Waals surface area (Å²) in [4.78, 5) is 16.1. The van der Waals surface area contributed by atoms with Crippen LogP contribution in [0.1, 0.15) is 43.3 Å². The van der Waals surface area contributed by atoms with Gasteiger partial charge in [0.2, 0.25) is 5.91 Å². The monoisotopic (exact) mass is 289 g/mol. The molecule has 6 heteroatoms. The van der Waals surface area contributed by atoms with Crippen LogP contribution in [0.2, 0.25) is 0 Å². The predicted octanol–water partition coefficient (Wildman–Crippen LogP) is 1.52. The Balaban J connectivity index is 2.07. The van der Waals surface area contributed by atoms with Crippen LogP contribution >= 0.6 is 0 Å². The Morgan fingerprint density at radius 2 is 2.19 bits per heavy atom. The fraction of sp³-hybridized carbons (Fsp3) is 0.533. The Hall–Kier alpha value is -1.95. The minimum absolute atomic E-state index is 0.0188. The molecule has 0 bridgehead atoms. The lowest BCUT2D eigenvalue weighted by Gasteiger charge is -2.16. The smallest absolute Gasteiger partial charge is 0.233 e. The molecule has 1 unspecified atom stereocenters. The van der Waals surface area contributed by atoms with Gasteiger partial charge in [-0.15, -0.1) is 0 Å². The number of nitrogens with zero attached hydrogens (tertiary/aromatic N) is 3. The third-order valence-electron chi connectivity index (χ3n) is 3.49. The van der Waals surface area contributed by atoms with Crippen molar-refractivity contribution in [1.82, 2.24) is 25.2 Å². The molecule has 2 aromatic heterocycles. The Labute approximate surface area is 125 Å². The predicted molar refractivity (Wildman–Crippen MR) is 82.2 cm³/mol. The molecule has 0 aliphatic heterocycles. The van der Waals surface area contributed by atoms with E-state index in [4.69, 9.17) is 0 Å². The number of nitrogens with one attached hydrogen (secondary N) is 2. The summed E-state index contributed by atoms with van der Waals surface area (Å²) < 4.78 is 1.85. The number of hydrogen-bond donors (Lipinski definition) is 2. The average Bonchev–Trinajstić information content (AvgIpc) is 2.84. The zero-order valence-corrected chi connectivity index (χ0v) is 13.1. The van der Waals surface area contributed by atoms with E-state index in [1.54, 1.807) is 0 Å². The minimum atomic E-state index is 0.0188. The van der Waals surface area contributed by atoms with Gasteiger partial charge in [0.1, 0.15) is 0 Å². The molecule has 0 fully saturated rings. The molecule has 0 aliphatic rings. The molecule has 2 aromatic rings. The molecule has 2 rings (SSSR count). The van der Waals surface area contributed by atoms with Crippen LogP contribution < -0.4 is 10.6 Å². The van der Waals surface area contributed by atoms with Crippen LogP contribution in [0.5, 0.6) is 0 Å². The highest BCUT2D eigenvalue weighted by Gasteiger charge is 2.13. The normalized spacial score (nSPS) is 12.6. The molecule has 0 saturated heterocycles. The van der Waals surface area contributed by atoms with Crippen molar-refractivity contribution in [2.45, 2.75) is 40.2 Å². The number of hydrogen-bond acceptors (Lipinski definition) is 4. The lowest BCUT2D eigenvalue weighted by Crippen LogP contribution is -2.35. The quantitative estimate of drug-likeness (QED) is 0.846. The summed E-state index contributed by atoms with van der Waals surface area (Å²) in [5.74, 6) is 0.0188. The molecule has 0 radical (unpaired) electrons. The SMILES string of the molecule is CCCNC(=O)CNC(C)c1cnc2cc(C)nn2c1C. The number of carbonyl (C=O) groups excluding carboxylic acids is 1. The first-order valence-corrected chi connectivity index (χ1v) is 7.35. The zero-order chi connectivity index (χ0) is 15.4. The summed E-state index contributed by atoms with van der Waals surface area (Å²) >= 11 is 0.